The Hall–Kier alpha value is -1.29. The zero-order valence-electron chi connectivity index (χ0n) is 10.5. The van der Waals surface area contributed by atoms with E-state index in [4.69, 9.17) is 10.2 Å². The molecule has 1 saturated carbocycles. The maximum Gasteiger partial charge on any atom is 0.257 e. The van der Waals surface area contributed by atoms with Gasteiger partial charge in [-0.05, 0) is 38.7 Å². The molecule has 0 radical (unpaired) electrons. The topological polar surface area (TPSA) is 59.5 Å². The molecule has 0 aromatic carbocycles. The van der Waals surface area contributed by atoms with E-state index in [9.17, 15) is 4.79 Å². The summed E-state index contributed by atoms with van der Waals surface area (Å²) in [6.07, 6.45) is 5.54. The highest BCUT2D eigenvalue weighted by Crippen LogP contribution is 2.22. The van der Waals surface area contributed by atoms with Gasteiger partial charge in [-0.1, -0.05) is 0 Å². The van der Waals surface area contributed by atoms with Gasteiger partial charge in [0, 0.05) is 19.1 Å². The van der Waals surface area contributed by atoms with Gasteiger partial charge >= 0.3 is 0 Å². The highest BCUT2D eigenvalue weighted by Gasteiger charge is 2.26. The van der Waals surface area contributed by atoms with E-state index >= 15 is 0 Å². The van der Waals surface area contributed by atoms with Gasteiger partial charge in [-0.3, -0.25) is 4.79 Å². The summed E-state index contributed by atoms with van der Waals surface area (Å²) in [5.41, 5.74) is 6.51. The highest BCUT2D eigenvalue weighted by atomic mass is 16.3. The van der Waals surface area contributed by atoms with E-state index in [2.05, 4.69) is 0 Å². The molecule has 17 heavy (non-hydrogen) atoms. The number of nitrogens with zero attached hydrogens (tertiary/aromatic N) is 1. The minimum Gasteiger partial charge on any atom is -0.469 e. The molecule has 0 spiro atoms. The smallest absolute Gasteiger partial charge is 0.257 e. The Morgan fingerprint density at radius 2 is 2.06 bits per heavy atom. The molecule has 94 valence electrons. The molecular weight excluding hydrogens is 216 g/mol. The van der Waals surface area contributed by atoms with Crippen LogP contribution in [0.15, 0.2) is 16.7 Å². The maximum absolute atomic E-state index is 12.2. The largest absolute Gasteiger partial charge is 0.469 e. The van der Waals surface area contributed by atoms with Crippen LogP contribution < -0.4 is 5.73 Å². The summed E-state index contributed by atoms with van der Waals surface area (Å²) in [6.45, 7) is 1.84. The summed E-state index contributed by atoms with van der Waals surface area (Å²) >= 11 is 0. The van der Waals surface area contributed by atoms with Crippen LogP contribution in [0.25, 0.3) is 0 Å². The van der Waals surface area contributed by atoms with E-state index in [1.807, 2.05) is 18.9 Å². The quantitative estimate of drug-likeness (QED) is 0.853. The lowest BCUT2D eigenvalue weighted by molar-refractivity contribution is 0.0689. The van der Waals surface area contributed by atoms with Gasteiger partial charge in [0.15, 0.2) is 0 Å². The molecule has 0 aliphatic heterocycles. The van der Waals surface area contributed by atoms with Crippen LogP contribution in [0.2, 0.25) is 0 Å². The molecule has 1 fully saturated rings. The summed E-state index contributed by atoms with van der Waals surface area (Å²) in [7, 11) is 1.87. The summed E-state index contributed by atoms with van der Waals surface area (Å²) in [4.78, 5) is 14.0. The van der Waals surface area contributed by atoms with Crippen LogP contribution in [-0.4, -0.2) is 29.9 Å². The van der Waals surface area contributed by atoms with Gasteiger partial charge in [-0.25, -0.2) is 0 Å². The van der Waals surface area contributed by atoms with Crippen LogP contribution in [0.1, 0.15) is 41.8 Å². The first-order valence-electron chi connectivity index (χ1n) is 6.16. The average molecular weight is 236 g/mol. The Morgan fingerprint density at radius 1 is 1.41 bits per heavy atom. The van der Waals surface area contributed by atoms with Crippen LogP contribution in [0.3, 0.4) is 0 Å². The summed E-state index contributed by atoms with van der Waals surface area (Å²) in [5.74, 6) is 0.815. The fraction of sp³-hybridized carbons (Fsp3) is 0.615. The van der Waals surface area contributed by atoms with Gasteiger partial charge in [0.25, 0.3) is 5.91 Å². The SMILES string of the molecule is Cc1cc(C(=O)N(C)C2CCC(N)CC2)co1. The van der Waals surface area contributed by atoms with Crippen molar-refractivity contribution in [1.29, 1.82) is 0 Å². The Bertz CT molecular complexity index is 392. The Labute approximate surface area is 102 Å². The van der Waals surface area contributed by atoms with E-state index in [0.717, 1.165) is 31.4 Å². The van der Waals surface area contributed by atoms with Crippen molar-refractivity contribution in [2.24, 2.45) is 5.73 Å². The lowest BCUT2D eigenvalue weighted by Gasteiger charge is -2.33. The van der Waals surface area contributed by atoms with Crippen molar-refractivity contribution in [1.82, 2.24) is 4.90 Å². The van der Waals surface area contributed by atoms with Crippen molar-refractivity contribution >= 4 is 5.91 Å². The molecule has 0 saturated heterocycles. The minimum absolute atomic E-state index is 0.0438. The molecule has 1 amide bonds. The fourth-order valence-corrected chi connectivity index (χ4v) is 2.41. The first kappa shape index (κ1) is 12.2. The predicted molar refractivity (Wildman–Crippen MR) is 65.8 cm³/mol. The summed E-state index contributed by atoms with van der Waals surface area (Å²) in [6, 6.07) is 2.41. The van der Waals surface area contributed by atoms with Crippen molar-refractivity contribution in [3.8, 4) is 0 Å². The molecule has 1 heterocycles. The lowest BCUT2D eigenvalue weighted by Crippen LogP contribution is -2.41. The van der Waals surface area contributed by atoms with Crippen molar-refractivity contribution < 1.29 is 9.21 Å². The normalized spacial score (nSPS) is 24.6. The van der Waals surface area contributed by atoms with Crippen LogP contribution in [0.5, 0.6) is 0 Å². The number of carbonyl (C=O) groups excluding carboxylic acids is 1. The van der Waals surface area contributed by atoms with E-state index in [-0.39, 0.29) is 5.91 Å². The van der Waals surface area contributed by atoms with Gasteiger partial charge in [-0.15, -0.1) is 0 Å². The second-order valence-electron chi connectivity index (χ2n) is 4.93. The third-order valence-electron chi connectivity index (χ3n) is 3.59. The van der Waals surface area contributed by atoms with Gasteiger partial charge in [0.05, 0.1) is 5.56 Å². The second kappa shape index (κ2) is 4.92. The number of hydrogen-bond acceptors (Lipinski definition) is 3. The van der Waals surface area contributed by atoms with Crippen LogP contribution in [0, 0.1) is 6.92 Å². The maximum atomic E-state index is 12.2. The molecule has 4 nitrogen and oxygen atoms in total. The predicted octanol–water partition coefficient (Wildman–Crippen LogP) is 1.93. The molecule has 1 aliphatic rings. The molecule has 1 aliphatic carbocycles. The molecular formula is C13H20N2O2. The number of rotatable bonds is 2. The monoisotopic (exact) mass is 236 g/mol. The Kier molecular flexibility index (Phi) is 3.52. The van der Waals surface area contributed by atoms with Gasteiger partial charge in [0.2, 0.25) is 0 Å². The Morgan fingerprint density at radius 3 is 2.59 bits per heavy atom. The van der Waals surface area contributed by atoms with Gasteiger partial charge < -0.3 is 15.1 Å². The van der Waals surface area contributed by atoms with E-state index < -0.39 is 0 Å². The molecule has 2 rings (SSSR count). The van der Waals surface area contributed by atoms with Crippen LogP contribution in [-0.2, 0) is 0 Å². The van der Waals surface area contributed by atoms with Crippen molar-refractivity contribution in [2.75, 3.05) is 7.05 Å². The molecule has 4 heteroatoms. The molecule has 2 N–H and O–H groups in total. The third kappa shape index (κ3) is 2.69. The number of nitrogens with two attached hydrogens (primary N) is 1. The zero-order valence-corrected chi connectivity index (χ0v) is 10.5. The molecule has 0 atom stereocenters. The van der Waals surface area contributed by atoms with E-state index in [1.54, 1.807) is 6.07 Å². The number of furan rings is 1. The van der Waals surface area contributed by atoms with Crippen LogP contribution >= 0.6 is 0 Å². The van der Waals surface area contributed by atoms with Crippen molar-refractivity contribution in [3.05, 3.63) is 23.7 Å². The van der Waals surface area contributed by atoms with E-state index in [0.29, 0.717) is 17.6 Å². The zero-order chi connectivity index (χ0) is 12.4. The minimum atomic E-state index is 0.0438. The van der Waals surface area contributed by atoms with Crippen molar-refractivity contribution in [3.63, 3.8) is 0 Å². The fourth-order valence-electron chi connectivity index (χ4n) is 2.41. The number of aryl methyl sites for hydroxylation is 1. The standard InChI is InChI=1S/C13H20N2O2/c1-9-7-10(8-17-9)13(16)15(2)12-5-3-11(14)4-6-12/h7-8,11-12H,3-6,14H2,1-2H3. The highest BCUT2D eigenvalue weighted by molar-refractivity contribution is 5.94. The molecule has 0 bridgehead atoms. The number of carbonyl (C=O) groups is 1. The summed E-state index contributed by atoms with van der Waals surface area (Å²) < 4.78 is 5.17. The van der Waals surface area contributed by atoms with Gasteiger partial charge in [-0.2, -0.15) is 0 Å². The molecule has 1 aromatic heterocycles. The second-order valence-corrected chi connectivity index (χ2v) is 4.93. The average Bonchev–Trinajstić information content (AvgIpc) is 2.75. The number of amides is 1. The van der Waals surface area contributed by atoms with Gasteiger partial charge in [0.1, 0.15) is 12.0 Å². The first-order chi connectivity index (χ1) is 8.08. The molecule has 1 aromatic rings. The first-order valence-corrected chi connectivity index (χ1v) is 6.16. The summed E-state index contributed by atoms with van der Waals surface area (Å²) in [5, 5.41) is 0. The van der Waals surface area contributed by atoms with Crippen molar-refractivity contribution in [2.45, 2.75) is 44.7 Å². The van der Waals surface area contributed by atoms with Crippen LogP contribution in [0.4, 0.5) is 0 Å². The Balaban J connectivity index is 2.00. The van der Waals surface area contributed by atoms with E-state index in [1.165, 1.54) is 6.26 Å². The molecule has 0 unspecified atom stereocenters. The number of hydrogen-bond donors (Lipinski definition) is 1. The lowest BCUT2D eigenvalue weighted by atomic mass is 9.91. The third-order valence-corrected chi connectivity index (χ3v) is 3.59.